The molecule has 1 rings (SSSR count). The number of nitro groups is 1. The zero-order valence-electron chi connectivity index (χ0n) is 9.11. The molecule has 16 heavy (non-hydrogen) atoms. The third-order valence-corrected chi connectivity index (χ3v) is 3.71. The van der Waals surface area contributed by atoms with Gasteiger partial charge in [-0.1, -0.05) is 51.8 Å². The number of alkyl halides is 1. The van der Waals surface area contributed by atoms with E-state index in [0.717, 1.165) is 16.5 Å². The maximum Gasteiger partial charge on any atom is 0.274 e. The average Bonchev–Trinajstić information content (AvgIpc) is 2.20. The van der Waals surface area contributed by atoms with E-state index in [1.165, 1.54) is 0 Å². The molecule has 0 aliphatic heterocycles. The fourth-order valence-electron chi connectivity index (χ4n) is 1.78. The van der Waals surface area contributed by atoms with Crippen LogP contribution < -0.4 is 0 Å². The van der Waals surface area contributed by atoms with Crippen LogP contribution >= 0.6 is 31.9 Å². The Morgan fingerprint density at radius 3 is 2.56 bits per heavy atom. The van der Waals surface area contributed by atoms with Gasteiger partial charge in [-0.05, 0) is 12.5 Å². The van der Waals surface area contributed by atoms with Crippen molar-refractivity contribution in [3.63, 3.8) is 0 Å². The molecule has 2 atom stereocenters. The first-order valence-corrected chi connectivity index (χ1v) is 6.76. The van der Waals surface area contributed by atoms with Gasteiger partial charge in [0.05, 0.1) is 4.92 Å². The van der Waals surface area contributed by atoms with Crippen molar-refractivity contribution in [3.05, 3.63) is 38.3 Å². The van der Waals surface area contributed by atoms with Gasteiger partial charge in [-0.25, -0.2) is 0 Å². The Morgan fingerprint density at radius 2 is 2.12 bits per heavy atom. The summed E-state index contributed by atoms with van der Waals surface area (Å²) in [6, 6.07) is 5.24. The second-order valence-corrected chi connectivity index (χ2v) is 6.01. The molecule has 5 heteroatoms. The molecular formula is C11H13Br2NO2. The summed E-state index contributed by atoms with van der Waals surface area (Å²) in [6.45, 7) is 4.05. The van der Waals surface area contributed by atoms with Crippen LogP contribution in [0.3, 0.4) is 0 Å². The standard InChI is InChI=1S/C11H13Br2NO2/c1-3-9(7(2)12)10-5-4-8(13)6-11(10)14(15)16/h4-7,9H,3H2,1-2H3. The van der Waals surface area contributed by atoms with Crippen LogP contribution in [0.1, 0.15) is 31.7 Å². The third kappa shape index (κ3) is 3.04. The molecule has 1 aromatic carbocycles. The van der Waals surface area contributed by atoms with E-state index in [4.69, 9.17) is 0 Å². The van der Waals surface area contributed by atoms with Gasteiger partial charge in [-0.15, -0.1) is 0 Å². The fourth-order valence-corrected chi connectivity index (χ4v) is 2.79. The highest BCUT2D eigenvalue weighted by molar-refractivity contribution is 9.10. The van der Waals surface area contributed by atoms with Crippen molar-refractivity contribution in [1.82, 2.24) is 0 Å². The quantitative estimate of drug-likeness (QED) is 0.451. The number of nitro benzene ring substituents is 1. The van der Waals surface area contributed by atoms with Gasteiger partial charge in [0, 0.05) is 26.8 Å². The molecule has 3 nitrogen and oxygen atoms in total. The van der Waals surface area contributed by atoms with Crippen LogP contribution in [0.25, 0.3) is 0 Å². The lowest BCUT2D eigenvalue weighted by Gasteiger charge is -2.18. The highest BCUT2D eigenvalue weighted by atomic mass is 79.9. The van der Waals surface area contributed by atoms with Gasteiger partial charge in [-0.2, -0.15) is 0 Å². The summed E-state index contributed by atoms with van der Waals surface area (Å²) in [5.74, 6) is 0.161. The van der Waals surface area contributed by atoms with E-state index in [9.17, 15) is 10.1 Å². The molecule has 0 aliphatic carbocycles. The van der Waals surface area contributed by atoms with E-state index in [1.54, 1.807) is 6.07 Å². The number of halogens is 2. The van der Waals surface area contributed by atoms with Gasteiger partial charge in [0.15, 0.2) is 0 Å². The summed E-state index contributed by atoms with van der Waals surface area (Å²) in [5.41, 5.74) is 0.979. The second kappa shape index (κ2) is 5.77. The Balaban J connectivity index is 3.26. The number of rotatable bonds is 4. The highest BCUT2D eigenvalue weighted by Gasteiger charge is 2.24. The highest BCUT2D eigenvalue weighted by Crippen LogP contribution is 2.35. The Hall–Kier alpha value is -0.420. The minimum atomic E-state index is -0.321. The van der Waals surface area contributed by atoms with Crippen LogP contribution in [0.5, 0.6) is 0 Å². The van der Waals surface area contributed by atoms with E-state index in [0.29, 0.717) is 0 Å². The predicted octanol–water partition coefficient (Wildman–Crippen LogP) is 4.63. The van der Waals surface area contributed by atoms with E-state index < -0.39 is 0 Å². The third-order valence-electron chi connectivity index (χ3n) is 2.58. The van der Waals surface area contributed by atoms with Gasteiger partial charge in [0.2, 0.25) is 0 Å². The molecule has 88 valence electrons. The molecule has 0 amide bonds. The topological polar surface area (TPSA) is 43.1 Å². The zero-order chi connectivity index (χ0) is 12.3. The van der Waals surface area contributed by atoms with Crippen molar-refractivity contribution in [1.29, 1.82) is 0 Å². The van der Waals surface area contributed by atoms with Crippen LogP contribution in [0.15, 0.2) is 22.7 Å². The summed E-state index contributed by atoms with van der Waals surface area (Å²) >= 11 is 6.76. The van der Waals surface area contributed by atoms with E-state index in [2.05, 4.69) is 31.9 Å². The van der Waals surface area contributed by atoms with Crippen molar-refractivity contribution in [2.75, 3.05) is 0 Å². The van der Waals surface area contributed by atoms with Crippen molar-refractivity contribution in [3.8, 4) is 0 Å². The molecule has 1 aromatic rings. The van der Waals surface area contributed by atoms with Crippen molar-refractivity contribution in [2.45, 2.75) is 31.0 Å². The summed E-state index contributed by atoms with van der Waals surface area (Å²) in [7, 11) is 0. The molecule has 0 bridgehead atoms. The number of hydrogen-bond acceptors (Lipinski definition) is 2. The molecule has 0 aromatic heterocycles. The van der Waals surface area contributed by atoms with Gasteiger partial charge in [0.1, 0.15) is 0 Å². The maximum atomic E-state index is 11.0. The minimum absolute atomic E-state index is 0.161. The predicted molar refractivity (Wildman–Crippen MR) is 72.2 cm³/mol. The molecule has 0 aliphatic rings. The van der Waals surface area contributed by atoms with Crippen LogP contribution in [0.2, 0.25) is 0 Å². The maximum absolute atomic E-state index is 11.0. The lowest BCUT2D eigenvalue weighted by Crippen LogP contribution is -2.10. The minimum Gasteiger partial charge on any atom is -0.258 e. The molecule has 0 heterocycles. The first-order valence-electron chi connectivity index (χ1n) is 5.05. The molecule has 0 fully saturated rings. The average molecular weight is 351 g/mol. The number of hydrogen-bond donors (Lipinski definition) is 0. The Bertz CT molecular complexity index is 394. The molecule has 0 N–H and O–H groups in total. The van der Waals surface area contributed by atoms with Crippen molar-refractivity contribution in [2.24, 2.45) is 0 Å². The van der Waals surface area contributed by atoms with Gasteiger partial charge in [-0.3, -0.25) is 10.1 Å². The smallest absolute Gasteiger partial charge is 0.258 e. The molecule has 0 saturated carbocycles. The van der Waals surface area contributed by atoms with Crippen LogP contribution in [0, 0.1) is 10.1 Å². The fraction of sp³-hybridized carbons (Fsp3) is 0.455. The lowest BCUT2D eigenvalue weighted by molar-refractivity contribution is -0.385. The Morgan fingerprint density at radius 1 is 1.50 bits per heavy atom. The normalized spacial score (nSPS) is 14.5. The van der Waals surface area contributed by atoms with Crippen LogP contribution in [-0.2, 0) is 0 Å². The Kier molecular flexibility index (Phi) is 4.92. The van der Waals surface area contributed by atoms with Crippen molar-refractivity contribution < 1.29 is 4.92 Å². The lowest BCUT2D eigenvalue weighted by atomic mass is 9.92. The van der Waals surface area contributed by atoms with E-state index >= 15 is 0 Å². The molecule has 0 radical (unpaired) electrons. The Labute approximate surface area is 112 Å². The molecule has 0 spiro atoms. The van der Waals surface area contributed by atoms with Crippen LogP contribution in [-0.4, -0.2) is 9.75 Å². The van der Waals surface area contributed by atoms with Gasteiger partial charge in [0.25, 0.3) is 5.69 Å². The van der Waals surface area contributed by atoms with Gasteiger partial charge < -0.3 is 0 Å². The summed E-state index contributed by atoms with van der Waals surface area (Å²) in [6.07, 6.45) is 0.870. The SMILES string of the molecule is CCC(c1ccc(Br)cc1[N+](=O)[O-])C(C)Br. The largest absolute Gasteiger partial charge is 0.274 e. The molecule has 2 unspecified atom stereocenters. The summed E-state index contributed by atoms with van der Waals surface area (Å²) in [4.78, 5) is 10.9. The zero-order valence-corrected chi connectivity index (χ0v) is 12.3. The summed E-state index contributed by atoms with van der Waals surface area (Å²) in [5, 5.41) is 11.0. The van der Waals surface area contributed by atoms with Gasteiger partial charge >= 0.3 is 0 Å². The number of benzene rings is 1. The van der Waals surface area contributed by atoms with E-state index in [-0.39, 0.29) is 21.4 Å². The molecular weight excluding hydrogens is 338 g/mol. The monoisotopic (exact) mass is 349 g/mol. The first-order chi connectivity index (χ1) is 7.47. The summed E-state index contributed by atoms with van der Waals surface area (Å²) < 4.78 is 0.736. The first kappa shape index (κ1) is 13.6. The van der Waals surface area contributed by atoms with E-state index in [1.807, 2.05) is 26.0 Å². The number of nitrogens with zero attached hydrogens (tertiary/aromatic N) is 1. The van der Waals surface area contributed by atoms with Crippen LogP contribution in [0.4, 0.5) is 5.69 Å². The van der Waals surface area contributed by atoms with Crippen molar-refractivity contribution >= 4 is 37.5 Å². The second-order valence-electron chi connectivity index (χ2n) is 3.65. The molecule has 0 saturated heterocycles.